The summed E-state index contributed by atoms with van der Waals surface area (Å²) in [4.78, 5) is 49.5. The van der Waals surface area contributed by atoms with Crippen molar-refractivity contribution < 1.29 is 51.5 Å². The molecule has 24 heteroatoms. The van der Waals surface area contributed by atoms with Gasteiger partial charge in [0.15, 0.2) is 0 Å². The molecule has 0 radical (unpaired) electrons. The van der Waals surface area contributed by atoms with Crippen LogP contribution < -0.4 is 9.80 Å². The lowest BCUT2D eigenvalue weighted by Gasteiger charge is -2.20. The number of pyridine rings is 2. The number of rotatable bonds is 16. The van der Waals surface area contributed by atoms with Gasteiger partial charge in [0, 0.05) is 34.6 Å². The molecule has 2 unspecified atom stereocenters. The Kier molecular flexibility index (Phi) is 12.0. The van der Waals surface area contributed by atoms with Crippen molar-refractivity contribution >= 4 is 31.4 Å². The van der Waals surface area contributed by atoms with Crippen molar-refractivity contribution in [1.82, 2.24) is 50.4 Å². The topological polar surface area (TPSA) is 248 Å². The standard InChI is InChI=1S/C38H37F2N12O9P/c1-49-45-35(43-47-49)33-12-6-22(16-41-33)29-10-8-24(14-31(29)39)51-18-26(59-37(51)54)4-3-5-27(20-53)61-62(56,57)58-21-28-19-52(38(55)60-28)25-9-11-30(32(40)15-25)23-7-13-34(42-17-23)36-44-48-50(2)46-36/h6-17,26-28,53H,3-5,18-21H2,1-2H3,(H,56,57)/t26-,27?,28+/m0/s1. The van der Waals surface area contributed by atoms with Crippen LogP contribution in [-0.4, -0.2) is 117 Å². The molecule has 6 aromatic rings. The van der Waals surface area contributed by atoms with Crippen LogP contribution >= 0.6 is 7.82 Å². The van der Waals surface area contributed by atoms with Gasteiger partial charge in [0.2, 0.25) is 11.6 Å². The minimum absolute atomic E-state index is 0.0917. The van der Waals surface area contributed by atoms with E-state index < -0.39 is 63.2 Å². The van der Waals surface area contributed by atoms with Crippen molar-refractivity contribution in [3.8, 4) is 45.3 Å². The molecule has 2 aliphatic heterocycles. The zero-order valence-corrected chi connectivity index (χ0v) is 33.8. The number of benzene rings is 2. The summed E-state index contributed by atoms with van der Waals surface area (Å²) in [5.41, 5.74) is 2.86. The lowest BCUT2D eigenvalue weighted by Crippen LogP contribution is -2.26. The van der Waals surface area contributed by atoms with E-state index in [1.165, 1.54) is 51.2 Å². The number of phosphoric ester groups is 1. The molecule has 2 N–H and O–H groups in total. The molecule has 0 saturated carbocycles. The number of aliphatic hydroxyl groups is 1. The fraction of sp³-hybridized carbons (Fsp3) is 0.316. The van der Waals surface area contributed by atoms with Gasteiger partial charge < -0.3 is 19.5 Å². The first-order valence-corrected chi connectivity index (χ1v) is 20.6. The number of anilines is 2. The fourth-order valence-corrected chi connectivity index (χ4v) is 7.77. The van der Waals surface area contributed by atoms with Gasteiger partial charge in [-0.3, -0.25) is 28.8 Å². The van der Waals surface area contributed by atoms with Crippen LogP contribution in [0.4, 0.5) is 29.7 Å². The lowest BCUT2D eigenvalue weighted by atomic mass is 10.1. The highest BCUT2D eigenvalue weighted by Gasteiger charge is 2.37. The maximum Gasteiger partial charge on any atom is 0.472 e. The van der Waals surface area contributed by atoms with Crippen LogP contribution in [0.25, 0.3) is 45.3 Å². The Hall–Kier alpha value is -6.65. The summed E-state index contributed by atoms with van der Waals surface area (Å²) >= 11 is 0. The Labute approximate surface area is 350 Å². The van der Waals surface area contributed by atoms with Gasteiger partial charge in [0.25, 0.3) is 0 Å². The number of halogens is 2. The number of ether oxygens (including phenoxy) is 2. The summed E-state index contributed by atoms with van der Waals surface area (Å²) in [5, 5.41) is 33.4. The van der Waals surface area contributed by atoms with E-state index in [1.54, 1.807) is 44.4 Å². The molecule has 6 heterocycles. The lowest BCUT2D eigenvalue weighted by molar-refractivity contribution is 0.0389. The van der Waals surface area contributed by atoms with Gasteiger partial charge in [-0.2, -0.15) is 9.59 Å². The molecule has 322 valence electrons. The summed E-state index contributed by atoms with van der Waals surface area (Å²) in [5.74, 6) is -0.572. The zero-order chi connectivity index (χ0) is 43.5. The number of phosphoric acid groups is 1. The van der Waals surface area contributed by atoms with E-state index in [4.69, 9.17) is 18.5 Å². The quantitative estimate of drug-likeness (QED) is 0.127. The van der Waals surface area contributed by atoms with Crippen molar-refractivity contribution in [1.29, 1.82) is 0 Å². The van der Waals surface area contributed by atoms with Gasteiger partial charge in [-0.25, -0.2) is 22.9 Å². The summed E-state index contributed by atoms with van der Waals surface area (Å²) in [6, 6.07) is 15.1. The maximum atomic E-state index is 15.3. The van der Waals surface area contributed by atoms with E-state index in [2.05, 4.69) is 40.8 Å². The number of aryl methyl sites for hydroxylation is 2. The summed E-state index contributed by atoms with van der Waals surface area (Å²) in [7, 11) is -1.51. The third-order valence-electron chi connectivity index (χ3n) is 9.86. The SMILES string of the molecule is Cn1nnc(-c2ccc(-c3ccc(N4C[C@H](CCCC(CO)OP(=O)(O)OC[C@H]5CN(c6ccc(-c7ccc(-c8nnn(C)n8)nc7)c(F)c6)C(=O)O5)OC4=O)cc3F)cn2)n1. The van der Waals surface area contributed by atoms with Crippen molar-refractivity contribution in [2.45, 2.75) is 37.6 Å². The second-order valence-electron chi connectivity index (χ2n) is 14.2. The van der Waals surface area contributed by atoms with E-state index in [9.17, 15) is 24.2 Å². The minimum atomic E-state index is -4.76. The second-order valence-corrected chi connectivity index (χ2v) is 15.6. The molecule has 4 aromatic heterocycles. The molecule has 4 atom stereocenters. The van der Waals surface area contributed by atoms with Gasteiger partial charge in [0.05, 0.1) is 57.9 Å². The average molecular weight is 875 g/mol. The highest BCUT2D eigenvalue weighted by molar-refractivity contribution is 7.47. The molecule has 2 amide bonds. The van der Waals surface area contributed by atoms with E-state index in [-0.39, 0.29) is 42.0 Å². The molecule has 21 nitrogen and oxygen atoms in total. The average Bonchev–Trinajstić information content (AvgIpc) is 4.07. The van der Waals surface area contributed by atoms with Gasteiger partial charge in [0.1, 0.15) is 35.2 Å². The fourth-order valence-electron chi connectivity index (χ4n) is 6.80. The van der Waals surface area contributed by atoms with Crippen molar-refractivity contribution in [3.63, 3.8) is 0 Å². The predicted octanol–water partition coefficient (Wildman–Crippen LogP) is 4.49. The van der Waals surface area contributed by atoms with Crippen LogP contribution in [0, 0.1) is 11.6 Å². The van der Waals surface area contributed by atoms with Crippen molar-refractivity contribution in [2.75, 3.05) is 36.1 Å². The Morgan fingerprint density at radius 3 is 1.76 bits per heavy atom. The van der Waals surface area contributed by atoms with Crippen LogP contribution in [-0.2, 0) is 37.2 Å². The Balaban J connectivity index is 0.784. The highest BCUT2D eigenvalue weighted by Crippen LogP contribution is 2.46. The number of hydrogen-bond acceptors (Lipinski definition) is 16. The number of aromatic nitrogens is 10. The smallest absolute Gasteiger partial charge is 0.444 e. The van der Waals surface area contributed by atoms with E-state index >= 15 is 8.78 Å². The minimum Gasteiger partial charge on any atom is -0.444 e. The van der Waals surface area contributed by atoms with E-state index in [0.29, 0.717) is 47.0 Å². The predicted molar refractivity (Wildman–Crippen MR) is 212 cm³/mol. The van der Waals surface area contributed by atoms with Crippen LogP contribution in [0.3, 0.4) is 0 Å². The number of aliphatic hydroxyl groups excluding tert-OH is 1. The molecule has 2 fully saturated rings. The molecular formula is C38H37F2N12O9P. The van der Waals surface area contributed by atoms with Crippen LogP contribution in [0.5, 0.6) is 0 Å². The number of carbonyl (C=O) groups excluding carboxylic acids is 2. The van der Waals surface area contributed by atoms with Crippen LogP contribution in [0.2, 0.25) is 0 Å². The number of nitrogens with zero attached hydrogens (tertiary/aromatic N) is 12. The third-order valence-corrected chi connectivity index (χ3v) is 10.9. The third kappa shape index (κ3) is 9.46. The molecule has 8 rings (SSSR count). The zero-order valence-electron chi connectivity index (χ0n) is 32.9. The number of cyclic esters (lactones) is 2. The normalized spacial score (nSPS) is 17.9. The number of hydrogen-bond donors (Lipinski definition) is 2. The number of amides is 2. The van der Waals surface area contributed by atoms with E-state index in [0.717, 1.165) is 11.0 Å². The second kappa shape index (κ2) is 17.8. The molecule has 0 aliphatic carbocycles. The van der Waals surface area contributed by atoms with Gasteiger partial charge >= 0.3 is 20.0 Å². The number of tetrazole rings is 2. The maximum absolute atomic E-state index is 15.3. The molecule has 62 heavy (non-hydrogen) atoms. The summed E-state index contributed by atoms with van der Waals surface area (Å²) in [6.07, 6.45) is -0.548. The molecule has 2 aliphatic rings. The van der Waals surface area contributed by atoms with Crippen LogP contribution in [0.15, 0.2) is 73.1 Å². The van der Waals surface area contributed by atoms with Crippen molar-refractivity contribution in [3.05, 3.63) is 84.7 Å². The highest BCUT2D eigenvalue weighted by atomic mass is 31.2. The number of carbonyl (C=O) groups is 2. The molecular weight excluding hydrogens is 837 g/mol. The Bertz CT molecular complexity index is 2640. The molecule has 0 spiro atoms. The molecule has 0 bridgehead atoms. The first kappa shape index (κ1) is 42.1. The Morgan fingerprint density at radius 1 is 0.790 bits per heavy atom. The van der Waals surface area contributed by atoms with Crippen molar-refractivity contribution in [2.24, 2.45) is 14.1 Å². The molecule has 2 saturated heterocycles. The van der Waals surface area contributed by atoms with E-state index in [1.807, 2.05) is 0 Å². The summed E-state index contributed by atoms with van der Waals surface area (Å²) in [6.45, 7) is -1.16. The van der Waals surface area contributed by atoms with Gasteiger partial charge in [-0.05, 0) is 78.2 Å². The van der Waals surface area contributed by atoms with Gasteiger partial charge in [-0.15, -0.1) is 20.4 Å². The monoisotopic (exact) mass is 874 g/mol. The van der Waals surface area contributed by atoms with Gasteiger partial charge in [-0.1, -0.05) is 12.1 Å². The largest absolute Gasteiger partial charge is 0.472 e. The summed E-state index contributed by atoms with van der Waals surface area (Å²) < 4.78 is 64.5. The van der Waals surface area contributed by atoms with Crippen LogP contribution in [0.1, 0.15) is 19.3 Å². The Morgan fingerprint density at radius 2 is 1.31 bits per heavy atom. The first-order valence-electron chi connectivity index (χ1n) is 19.1. The molecule has 2 aromatic carbocycles. The first-order chi connectivity index (χ1) is 29.8.